The molecule has 0 saturated carbocycles. The van der Waals surface area contributed by atoms with Crippen LogP contribution < -0.4 is 14.4 Å². The highest BCUT2D eigenvalue weighted by Gasteiger charge is 2.21. The third kappa shape index (κ3) is 6.76. The van der Waals surface area contributed by atoms with Crippen molar-refractivity contribution in [3.8, 4) is 5.75 Å². The number of benzene rings is 2. The third-order valence-electron chi connectivity index (χ3n) is 4.86. The fourth-order valence-electron chi connectivity index (χ4n) is 3.23. The van der Waals surface area contributed by atoms with Crippen molar-refractivity contribution in [1.82, 2.24) is 5.32 Å². The van der Waals surface area contributed by atoms with Crippen LogP contribution >= 0.6 is 0 Å². The summed E-state index contributed by atoms with van der Waals surface area (Å²) in [5, 5.41) is 2.99. The number of sulfonamides is 1. The number of rotatable bonds is 11. The van der Waals surface area contributed by atoms with Crippen LogP contribution in [0.1, 0.15) is 50.8 Å². The Bertz CT molecular complexity index is 926. The Hall–Kier alpha value is -2.54. The molecule has 0 saturated heterocycles. The largest absolute Gasteiger partial charge is 0.492 e. The standard InChI is InChI=1S/C23H32N2O4S/c1-5-19-13-15-20(16-14-19)18(3)24-23(26)12-9-17-25(30(4,27)28)21-10-7-8-11-22(21)29-6-2/h7-8,10-11,13-16,18H,5-6,9,12,17H2,1-4H3,(H,24,26)/t18-/m1/s1. The zero-order chi connectivity index (χ0) is 22.1. The van der Waals surface area contributed by atoms with Gasteiger partial charge in [-0.25, -0.2) is 8.42 Å². The van der Waals surface area contributed by atoms with Crippen LogP contribution in [-0.4, -0.2) is 33.7 Å². The third-order valence-corrected chi connectivity index (χ3v) is 6.04. The van der Waals surface area contributed by atoms with Gasteiger partial charge in [0.05, 0.1) is 24.6 Å². The first-order chi connectivity index (χ1) is 14.3. The normalized spacial score (nSPS) is 12.3. The Balaban J connectivity index is 1.97. The highest BCUT2D eigenvalue weighted by Crippen LogP contribution is 2.30. The number of anilines is 1. The fourth-order valence-corrected chi connectivity index (χ4v) is 4.20. The minimum absolute atomic E-state index is 0.103. The van der Waals surface area contributed by atoms with Crippen molar-refractivity contribution < 1.29 is 17.9 Å². The van der Waals surface area contributed by atoms with Gasteiger partial charge in [0.15, 0.2) is 0 Å². The molecule has 0 radical (unpaired) electrons. The number of ether oxygens (including phenoxy) is 1. The molecule has 0 aliphatic heterocycles. The van der Waals surface area contributed by atoms with Crippen LogP contribution in [0.25, 0.3) is 0 Å². The Morgan fingerprint density at radius 2 is 1.77 bits per heavy atom. The number of nitrogens with zero attached hydrogens (tertiary/aromatic N) is 1. The number of carbonyl (C=O) groups is 1. The molecule has 1 atom stereocenters. The summed E-state index contributed by atoms with van der Waals surface area (Å²) in [5.41, 5.74) is 2.79. The highest BCUT2D eigenvalue weighted by molar-refractivity contribution is 7.92. The smallest absolute Gasteiger partial charge is 0.232 e. The van der Waals surface area contributed by atoms with Gasteiger partial charge in [-0.2, -0.15) is 0 Å². The summed E-state index contributed by atoms with van der Waals surface area (Å²) in [6.07, 6.45) is 2.78. The van der Waals surface area contributed by atoms with Gasteiger partial charge in [-0.1, -0.05) is 43.3 Å². The lowest BCUT2D eigenvalue weighted by Gasteiger charge is -2.24. The van der Waals surface area contributed by atoms with Crippen LogP contribution in [0, 0.1) is 0 Å². The van der Waals surface area contributed by atoms with E-state index in [2.05, 4.69) is 24.4 Å². The zero-order valence-electron chi connectivity index (χ0n) is 18.2. The van der Waals surface area contributed by atoms with Crippen molar-refractivity contribution in [3.63, 3.8) is 0 Å². The second kappa shape index (κ2) is 11.0. The number of aryl methyl sites for hydroxylation is 1. The molecule has 0 fully saturated rings. The molecule has 2 rings (SSSR count). The number of hydrogen-bond donors (Lipinski definition) is 1. The van der Waals surface area contributed by atoms with E-state index in [0.717, 1.165) is 18.2 Å². The molecule has 0 aliphatic carbocycles. The molecule has 2 aromatic carbocycles. The van der Waals surface area contributed by atoms with Crippen molar-refractivity contribution in [2.24, 2.45) is 0 Å². The van der Waals surface area contributed by atoms with Crippen LogP contribution in [0.5, 0.6) is 5.75 Å². The molecule has 0 heterocycles. The molecule has 164 valence electrons. The van der Waals surface area contributed by atoms with Crippen LogP contribution in [0.3, 0.4) is 0 Å². The topological polar surface area (TPSA) is 75.7 Å². The van der Waals surface area contributed by atoms with Crippen molar-refractivity contribution in [2.45, 2.75) is 46.1 Å². The molecular formula is C23H32N2O4S. The van der Waals surface area contributed by atoms with Gasteiger partial charge in [0, 0.05) is 13.0 Å². The van der Waals surface area contributed by atoms with E-state index in [1.807, 2.05) is 26.0 Å². The summed E-state index contributed by atoms with van der Waals surface area (Å²) in [7, 11) is -3.51. The lowest BCUT2D eigenvalue weighted by molar-refractivity contribution is -0.121. The minimum atomic E-state index is -3.51. The minimum Gasteiger partial charge on any atom is -0.492 e. The number of para-hydroxylation sites is 2. The number of amides is 1. The molecule has 6 nitrogen and oxygen atoms in total. The predicted molar refractivity (Wildman–Crippen MR) is 121 cm³/mol. The summed E-state index contributed by atoms with van der Waals surface area (Å²) >= 11 is 0. The van der Waals surface area contributed by atoms with Gasteiger partial charge in [-0.3, -0.25) is 9.10 Å². The maximum absolute atomic E-state index is 12.4. The van der Waals surface area contributed by atoms with E-state index in [4.69, 9.17) is 4.74 Å². The molecule has 0 unspecified atom stereocenters. The average molecular weight is 433 g/mol. The molecule has 0 aliphatic rings. The first kappa shape index (κ1) is 23.7. The van der Waals surface area contributed by atoms with E-state index in [1.165, 1.54) is 9.87 Å². The molecule has 1 amide bonds. The van der Waals surface area contributed by atoms with Gasteiger partial charge < -0.3 is 10.1 Å². The predicted octanol–water partition coefficient (Wildman–Crippen LogP) is 4.07. The second-order valence-corrected chi connectivity index (χ2v) is 9.13. The van der Waals surface area contributed by atoms with Crippen molar-refractivity contribution in [3.05, 3.63) is 59.7 Å². The monoisotopic (exact) mass is 432 g/mol. The summed E-state index contributed by atoms with van der Waals surface area (Å²) in [6.45, 7) is 6.54. The summed E-state index contributed by atoms with van der Waals surface area (Å²) in [6, 6.07) is 15.1. The highest BCUT2D eigenvalue weighted by atomic mass is 32.2. The van der Waals surface area contributed by atoms with Gasteiger partial charge in [0.1, 0.15) is 5.75 Å². The summed E-state index contributed by atoms with van der Waals surface area (Å²) in [4.78, 5) is 12.4. The lowest BCUT2D eigenvalue weighted by Crippen LogP contribution is -2.33. The molecule has 30 heavy (non-hydrogen) atoms. The molecule has 0 bridgehead atoms. The van der Waals surface area contributed by atoms with Crippen LogP contribution in [0.4, 0.5) is 5.69 Å². The van der Waals surface area contributed by atoms with Gasteiger partial charge >= 0.3 is 0 Å². The SMILES string of the molecule is CCOc1ccccc1N(CCCC(=O)N[C@H](C)c1ccc(CC)cc1)S(C)(=O)=O. The Morgan fingerprint density at radius 3 is 2.37 bits per heavy atom. The second-order valence-electron chi connectivity index (χ2n) is 7.22. The van der Waals surface area contributed by atoms with Crippen LogP contribution in [0.2, 0.25) is 0 Å². The maximum Gasteiger partial charge on any atom is 0.232 e. The van der Waals surface area contributed by atoms with Crippen LogP contribution in [0.15, 0.2) is 48.5 Å². The molecule has 7 heteroatoms. The quantitative estimate of drug-likeness (QED) is 0.581. The Labute approximate surface area is 180 Å². The number of hydrogen-bond acceptors (Lipinski definition) is 4. The number of carbonyl (C=O) groups excluding carboxylic acids is 1. The first-order valence-corrected chi connectivity index (χ1v) is 12.2. The van der Waals surface area contributed by atoms with Gasteiger partial charge in [0.25, 0.3) is 0 Å². The lowest BCUT2D eigenvalue weighted by atomic mass is 10.0. The Morgan fingerprint density at radius 1 is 1.10 bits per heavy atom. The van der Waals surface area contributed by atoms with Crippen molar-refractivity contribution in [2.75, 3.05) is 23.7 Å². The van der Waals surface area contributed by atoms with E-state index in [1.54, 1.807) is 24.3 Å². The van der Waals surface area contributed by atoms with Crippen LogP contribution in [-0.2, 0) is 21.2 Å². The van der Waals surface area contributed by atoms with E-state index >= 15 is 0 Å². The van der Waals surface area contributed by atoms with Gasteiger partial charge in [-0.15, -0.1) is 0 Å². The van der Waals surface area contributed by atoms with Crippen molar-refractivity contribution in [1.29, 1.82) is 0 Å². The number of nitrogens with one attached hydrogen (secondary N) is 1. The zero-order valence-corrected chi connectivity index (χ0v) is 19.0. The molecular weight excluding hydrogens is 400 g/mol. The summed E-state index contributed by atoms with van der Waals surface area (Å²) in [5.74, 6) is 0.410. The molecule has 2 aromatic rings. The molecule has 0 spiro atoms. The van der Waals surface area contributed by atoms with E-state index in [-0.39, 0.29) is 24.9 Å². The van der Waals surface area contributed by atoms with Gasteiger partial charge in [-0.05, 0) is 49.9 Å². The molecule has 0 aromatic heterocycles. The van der Waals surface area contributed by atoms with E-state index < -0.39 is 10.0 Å². The maximum atomic E-state index is 12.4. The van der Waals surface area contributed by atoms with Crippen molar-refractivity contribution >= 4 is 21.6 Å². The summed E-state index contributed by atoms with van der Waals surface area (Å²) < 4.78 is 31.6. The first-order valence-electron chi connectivity index (χ1n) is 10.3. The molecule has 1 N–H and O–H groups in total. The Kier molecular flexibility index (Phi) is 8.72. The van der Waals surface area contributed by atoms with E-state index in [0.29, 0.717) is 24.5 Å². The van der Waals surface area contributed by atoms with E-state index in [9.17, 15) is 13.2 Å². The fraction of sp³-hybridized carbons (Fsp3) is 0.435. The van der Waals surface area contributed by atoms with Gasteiger partial charge in [0.2, 0.25) is 15.9 Å². The average Bonchev–Trinajstić information content (AvgIpc) is 2.71.